The minimum Gasteiger partial charge on any atom is -0.383 e. The summed E-state index contributed by atoms with van der Waals surface area (Å²) in [5.74, 6) is 0.557. The molecule has 1 heterocycles. The SMILES string of the molecule is COCCNS(=O)(=O)c1ccc(Cl)c(-c2nc(C3(N)CCC3)no2)c1.Cl. The number of hydrogen-bond donors (Lipinski definition) is 2. The Kier molecular flexibility index (Phi) is 6.65. The molecule has 1 aromatic carbocycles. The number of sulfonamides is 1. The number of nitrogens with zero attached hydrogens (tertiary/aromatic N) is 2. The van der Waals surface area contributed by atoms with Crippen LogP contribution in [0.3, 0.4) is 0 Å². The van der Waals surface area contributed by atoms with Crippen LogP contribution < -0.4 is 10.5 Å². The van der Waals surface area contributed by atoms with E-state index in [4.69, 9.17) is 26.6 Å². The second-order valence-electron chi connectivity index (χ2n) is 5.97. The lowest BCUT2D eigenvalue weighted by molar-refractivity contribution is 0.204. The van der Waals surface area contributed by atoms with E-state index in [-0.39, 0.29) is 36.3 Å². The molecule has 0 amide bonds. The second kappa shape index (κ2) is 8.20. The molecule has 8 nitrogen and oxygen atoms in total. The van der Waals surface area contributed by atoms with Gasteiger partial charge in [-0.2, -0.15) is 4.98 Å². The maximum absolute atomic E-state index is 12.3. The van der Waals surface area contributed by atoms with Crippen LogP contribution in [0.25, 0.3) is 11.5 Å². The lowest BCUT2D eigenvalue weighted by Gasteiger charge is -2.34. The summed E-state index contributed by atoms with van der Waals surface area (Å²) in [7, 11) is -2.20. The third kappa shape index (κ3) is 4.19. The van der Waals surface area contributed by atoms with Crippen molar-refractivity contribution in [2.45, 2.75) is 29.7 Å². The number of nitrogens with one attached hydrogen (secondary N) is 1. The standard InChI is InChI=1S/C15H19ClN4O4S.ClH/c1-23-8-7-18-25(21,22)10-3-4-12(16)11(9-10)13-19-14(20-24-13)15(17)5-2-6-15;/h3-4,9,18H,2,5-8,17H2,1H3;1H. The summed E-state index contributed by atoms with van der Waals surface area (Å²) >= 11 is 6.18. The van der Waals surface area contributed by atoms with Crippen LogP contribution in [0.5, 0.6) is 0 Å². The zero-order valence-corrected chi connectivity index (χ0v) is 16.5. The molecule has 0 atom stereocenters. The van der Waals surface area contributed by atoms with E-state index in [1.165, 1.54) is 25.3 Å². The van der Waals surface area contributed by atoms with Crippen LogP contribution in [0.4, 0.5) is 0 Å². The highest BCUT2D eigenvalue weighted by atomic mass is 35.5. The van der Waals surface area contributed by atoms with Crippen LogP contribution in [0.15, 0.2) is 27.6 Å². The molecule has 0 unspecified atom stereocenters. The van der Waals surface area contributed by atoms with Crippen molar-refractivity contribution in [1.82, 2.24) is 14.9 Å². The molecule has 3 N–H and O–H groups in total. The molecule has 3 rings (SSSR count). The van der Waals surface area contributed by atoms with Gasteiger partial charge >= 0.3 is 0 Å². The average Bonchev–Trinajstić information content (AvgIpc) is 3.03. The molecule has 0 spiro atoms. The highest BCUT2D eigenvalue weighted by Gasteiger charge is 2.39. The predicted molar refractivity (Wildman–Crippen MR) is 98.8 cm³/mol. The van der Waals surface area contributed by atoms with Crippen molar-refractivity contribution in [3.8, 4) is 11.5 Å². The molecule has 1 fully saturated rings. The second-order valence-corrected chi connectivity index (χ2v) is 8.14. The van der Waals surface area contributed by atoms with Crippen molar-refractivity contribution in [3.63, 3.8) is 0 Å². The Morgan fingerprint density at radius 2 is 2.15 bits per heavy atom. The monoisotopic (exact) mass is 422 g/mol. The topological polar surface area (TPSA) is 120 Å². The molecule has 1 aromatic heterocycles. The molecular formula is C15H20Cl2N4O4S. The van der Waals surface area contributed by atoms with Gasteiger partial charge in [-0.05, 0) is 37.5 Å². The maximum atomic E-state index is 12.3. The summed E-state index contributed by atoms with van der Waals surface area (Å²) in [6.07, 6.45) is 2.59. The number of aromatic nitrogens is 2. The Bertz CT molecular complexity index is 868. The first-order chi connectivity index (χ1) is 11.9. The molecule has 26 heavy (non-hydrogen) atoms. The van der Waals surface area contributed by atoms with Gasteiger partial charge in [-0.15, -0.1) is 12.4 Å². The molecule has 1 saturated carbocycles. The minimum atomic E-state index is -3.70. The third-order valence-electron chi connectivity index (χ3n) is 4.19. The van der Waals surface area contributed by atoms with Crippen molar-refractivity contribution in [2.75, 3.05) is 20.3 Å². The number of benzene rings is 1. The van der Waals surface area contributed by atoms with Crippen LogP contribution in [0.1, 0.15) is 25.1 Å². The molecule has 2 aromatic rings. The van der Waals surface area contributed by atoms with Crippen LogP contribution >= 0.6 is 24.0 Å². The van der Waals surface area contributed by atoms with Crippen LogP contribution in [0, 0.1) is 0 Å². The van der Waals surface area contributed by atoms with E-state index >= 15 is 0 Å². The van der Waals surface area contributed by atoms with Gasteiger partial charge in [-0.3, -0.25) is 0 Å². The summed E-state index contributed by atoms with van der Waals surface area (Å²) in [5.41, 5.74) is 5.96. The fourth-order valence-corrected chi connectivity index (χ4v) is 3.75. The van der Waals surface area contributed by atoms with E-state index in [0.29, 0.717) is 16.4 Å². The van der Waals surface area contributed by atoms with E-state index < -0.39 is 15.6 Å². The first-order valence-electron chi connectivity index (χ1n) is 7.77. The van der Waals surface area contributed by atoms with Crippen molar-refractivity contribution < 1.29 is 17.7 Å². The summed E-state index contributed by atoms with van der Waals surface area (Å²) < 4.78 is 37.2. The summed E-state index contributed by atoms with van der Waals surface area (Å²) in [6, 6.07) is 4.29. The molecular weight excluding hydrogens is 403 g/mol. The first kappa shape index (κ1) is 21.1. The van der Waals surface area contributed by atoms with Crippen LogP contribution in [-0.4, -0.2) is 38.8 Å². The molecule has 11 heteroatoms. The van der Waals surface area contributed by atoms with Gasteiger partial charge in [-0.1, -0.05) is 16.8 Å². The highest BCUT2D eigenvalue weighted by Crippen LogP contribution is 2.38. The molecule has 0 radical (unpaired) electrons. The van der Waals surface area contributed by atoms with Crippen molar-refractivity contribution in [1.29, 1.82) is 0 Å². The first-order valence-corrected chi connectivity index (χ1v) is 9.63. The van der Waals surface area contributed by atoms with Crippen molar-refractivity contribution >= 4 is 34.0 Å². The molecule has 0 bridgehead atoms. The van der Waals surface area contributed by atoms with Gasteiger partial charge in [0.25, 0.3) is 5.89 Å². The van der Waals surface area contributed by atoms with Gasteiger partial charge in [0.2, 0.25) is 10.0 Å². The Hall–Kier alpha value is -1.23. The molecule has 0 saturated heterocycles. The minimum absolute atomic E-state index is 0. The predicted octanol–water partition coefficient (Wildman–Crippen LogP) is 2.07. The van der Waals surface area contributed by atoms with E-state index in [1.807, 2.05) is 0 Å². The van der Waals surface area contributed by atoms with Gasteiger partial charge in [-0.25, -0.2) is 13.1 Å². The summed E-state index contributed by atoms with van der Waals surface area (Å²) in [4.78, 5) is 4.36. The van der Waals surface area contributed by atoms with Crippen molar-refractivity contribution in [3.05, 3.63) is 29.0 Å². The Balaban J connectivity index is 0.00000243. The quantitative estimate of drug-likeness (QED) is 0.654. The molecule has 0 aliphatic heterocycles. The average molecular weight is 423 g/mol. The van der Waals surface area contributed by atoms with Crippen LogP contribution in [-0.2, 0) is 20.3 Å². The normalized spacial score (nSPS) is 16.0. The van der Waals surface area contributed by atoms with Gasteiger partial charge in [0.05, 0.1) is 27.6 Å². The van der Waals surface area contributed by atoms with E-state index in [9.17, 15) is 8.42 Å². The van der Waals surface area contributed by atoms with Crippen LogP contribution in [0.2, 0.25) is 5.02 Å². The number of halogens is 2. The zero-order chi connectivity index (χ0) is 18.1. The van der Waals surface area contributed by atoms with E-state index in [0.717, 1.165) is 19.3 Å². The molecule has 1 aliphatic carbocycles. The molecule has 1 aliphatic rings. The Morgan fingerprint density at radius 3 is 2.77 bits per heavy atom. The van der Waals surface area contributed by atoms with Gasteiger partial charge in [0.1, 0.15) is 0 Å². The fourth-order valence-electron chi connectivity index (χ4n) is 2.51. The lowest BCUT2D eigenvalue weighted by Crippen LogP contribution is -2.44. The van der Waals surface area contributed by atoms with E-state index in [1.54, 1.807) is 0 Å². The lowest BCUT2D eigenvalue weighted by atomic mass is 9.77. The zero-order valence-electron chi connectivity index (χ0n) is 14.1. The highest BCUT2D eigenvalue weighted by molar-refractivity contribution is 7.89. The number of nitrogens with two attached hydrogens (primary N) is 1. The van der Waals surface area contributed by atoms with Gasteiger partial charge in [0, 0.05) is 13.7 Å². The number of methoxy groups -OCH3 is 1. The number of hydrogen-bond acceptors (Lipinski definition) is 7. The fraction of sp³-hybridized carbons (Fsp3) is 0.467. The summed E-state index contributed by atoms with van der Waals surface area (Å²) in [5, 5.41) is 4.24. The Labute approximate surface area is 162 Å². The van der Waals surface area contributed by atoms with Crippen molar-refractivity contribution in [2.24, 2.45) is 5.73 Å². The van der Waals surface area contributed by atoms with E-state index in [2.05, 4.69) is 14.9 Å². The Morgan fingerprint density at radius 1 is 1.42 bits per heavy atom. The number of ether oxygens (including phenoxy) is 1. The van der Waals surface area contributed by atoms with Gasteiger partial charge < -0.3 is 15.0 Å². The smallest absolute Gasteiger partial charge is 0.259 e. The third-order valence-corrected chi connectivity index (χ3v) is 5.98. The summed E-state index contributed by atoms with van der Waals surface area (Å²) in [6.45, 7) is 0.433. The maximum Gasteiger partial charge on any atom is 0.259 e. The number of rotatable bonds is 7. The largest absolute Gasteiger partial charge is 0.383 e. The molecule has 144 valence electrons. The van der Waals surface area contributed by atoms with Gasteiger partial charge in [0.15, 0.2) is 5.82 Å².